The van der Waals surface area contributed by atoms with Crippen molar-refractivity contribution in [1.82, 2.24) is 10.3 Å². The molecule has 1 fully saturated rings. The van der Waals surface area contributed by atoms with Crippen LogP contribution < -0.4 is 10.1 Å². The van der Waals surface area contributed by atoms with Crippen LogP contribution >= 0.6 is 0 Å². The predicted octanol–water partition coefficient (Wildman–Crippen LogP) is 2.25. The summed E-state index contributed by atoms with van der Waals surface area (Å²) in [4.78, 5) is 4.39. The maximum atomic E-state index is 6.17. The summed E-state index contributed by atoms with van der Waals surface area (Å²) in [6, 6.07) is 8.32. The van der Waals surface area contributed by atoms with Crippen LogP contribution in [0.3, 0.4) is 0 Å². The van der Waals surface area contributed by atoms with Crippen LogP contribution in [-0.4, -0.2) is 17.1 Å². The molecule has 0 saturated heterocycles. The van der Waals surface area contributed by atoms with Crippen molar-refractivity contribution >= 4 is 10.9 Å². The fourth-order valence-corrected chi connectivity index (χ4v) is 2.49. The third-order valence-corrected chi connectivity index (χ3v) is 3.68. The van der Waals surface area contributed by atoms with E-state index in [0.717, 1.165) is 29.7 Å². The zero-order valence-electron chi connectivity index (χ0n) is 9.57. The molecular formula is C14H14N2O. The fraction of sp³-hybridized carbons (Fsp3) is 0.357. The molecule has 1 aliphatic carbocycles. The molecule has 86 valence electrons. The highest BCUT2D eigenvalue weighted by atomic mass is 16.5. The fourth-order valence-electron chi connectivity index (χ4n) is 2.49. The SMILES string of the molecule is c1cnc2cc3c(cc2c1)OC1(CC1)CNC3. The van der Waals surface area contributed by atoms with Crippen LogP contribution in [-0.2, 0) is 6.54 Å². The van der Waals surface area contributed by atoms with Crippen molar-refractivity contribution in [2.75, 3.05) is 6.54 Å². The largest absolute Gasteiger partial charge is 0.486 e. The van der Waals surface area contributed by atoms with E-state index in [1.165, 1.54) is 18.4 Å². The van der Waals surface area contributed by atoms with E-state index in [-0.39, 0.29) is 5.60 Å². The van der Waals surface area contributed by atoms with Gasteiger partial charge in [-0.05, 0) is 31.0 Å². The Kier molecular flexibility index (Phi) is 1.77. The Bertz CT molecular complexity index is 590. The molecule has 17 heavy (non-hydrogen) atoms. The molecule has 1 aromatic carbocycles. The molecule has 1 aromatic heterocycles. The predicted molar refractivity (Wildman–Crippen MR) is 66.0 cm³/mol. The molecule has 1 saturated carbocycles. The molecule has 1 N–H and O–H groups in total. The van der Waals surface area contributed by atoms with Crippen molar-refractivity contribution < 1.29 is 4.74 Å². The summed E-state index contributed by atoms with van der Waals surface area (Å²) in [5.41, 5.74) is 2.35. The van der Waals surface area contributed by atoms with Gasteiger partial charge in [-0.2, -0.15) is 0 Å². The maximum Gasteiger partial charge on any atom is 0.125 e. The summed E-state index contributed by atoms with van der Waals surface area (Å²) >= 11 is 0. The minimum absolute atomic E-state index is 0.0845. The number of nitrogens with zero attached hydrogens (tertiary/aromatic N) is 1. The lowest BCUT2D eigenvalue weighted by molar-refractivity contribution is 0.184. The highest BCUT2D eigenvalue weighted by Crippen LogP contribution is 2.42. The zero-order chi connectivity index (χ0) is 11.3. The monoisotopic (exact) mass is 226 g/mol. The molecule has 0 radical (unpaired) electrons. The summed E-state index contributed by atoms with van der Waals surface area (Å²) in [5.74, 6) is 1.04. The Labute approximate surface area is 99.8 Å². The first-order valence-corrected chi connectivity index (χ1v) is 6.12. The van der Waals surface area contributed by atoms with Gasteiger partial charge in [-0.15, -0.1) is 0 Å². The lowest BCUT2D eigenvalue weighted by Crippen LogP contribution is -2.29. The van der Waals surface area contributed by atoms with Crippen LogP contribution in [0.4, 0.5) is 0 Å². The highest BCUT2D eigenvalue weighted by Gasteiger charge is 2.46. The van der Waals surface area contributed by atoms with Crippen LogP contribution in [0.2, 0.25) is 0 Å². The van der Waals surface area contributed by atoms with E-state index in [1.807, 2.05) is 12.3 Å². The lowest BCUT2D eigenvalue weighted by atomic mass is 10.1. The van der Waals surface area contributed by atoms with Crippen molar-refractivity contribution in [1.29, 1.82) is 0 Å². The molecule has 0 bridgehead atoms. The zero-order valence-corrected chi connectivity index (χ0v) is 9.57. The van der Waals surface area contributed by atoms with Gasteiger partial charge in [0.05, 0.1) is 5.52 Å². The number of pyridine rings is 1. The molecule has 1 spiro atoms. The van der Waals surface area contributed by atoms with Gasteiger partial charge >= 0.3 is 0 Å². The van der Waals surface area contributed by atoms with Gasteiger partial charge in [-0.1, -0.05) is 6.07 Å². The van der Waals surface area contributed by atoms with E-state index in [9.17, 15) is 0 Å². The van der Waals surface area contributed by atoms with Gasteiger partial charge in [-0.3, -0.25) is 4.98 Å². The summed E-state index contributed by atoms with van der Waals surface area (Å²) in [6.45, 7) is 1.84. The molecule has 1 aliphatic heterocycles. The Balaban J connectivity index is 1.88. The van der Waals surface area contributed by atoms with Crippen LogP contribution in [0.1, 0.15) is 18.4 Å². The molecule has 3 heteroatoms. The molecule has 2 aromatic rings. The Morgan fingerprint density at radius 1 is 1.29 bits per heavy atom. The number of ether oxygens (including phenoxy) is 1. The van der Waals surface area contributed by atoms with E-state index in [1.54, 1.807) is 0 Å². The van der Waals surface area contributed by atoms with Crippen molar-refractivity contribution in [3.63, 3.8) is 0 Å². The third kappa shape index (κ3) is 1.50. The van der Waals surface area contributed by atoms with E-state index < -0.39 is 0 Å². The van der Waals surface area contributed by atoms with Crippen molar-refractivity contribution in [3.05, 3.63) is 36.0 Å². The molecule has 4 rings (SSSR count). The first kappa shape index (κ1) is 9.42. The van der Waals surface area contributed by atoms with Crippen LogP contribution in [0.15, 0.2) is 30.5 Å². The second-order valence-corrected chi connectivity index (χ2v) is 5.04. The number of fused-ring (bicyclic) bond motifs is 2. The first-order chi connectivity index (χ1) is 8.35. The average Bonchev–Trinajstić information content (AvgIpc) is 3.12. The average molecular weight is 226 g/mol. The van der Waals surface area contributed by atoms with E-state index in [4.69, 9.17) is 4.74 Å². The molecule has 2 aliphatic rings. The second kappa shape index (κ2) is 3.20. The van der Waals surface area contributed by atoms with Gasteiger partial charge in [0, 0.05) is 30.2 Å². The van der Waals surface area contributed by atoms with E-state index >= 15 is 0 Å². The third-order valence-electron chi connectivity index (χ3n) is 3.68. The molecule has 0 amide bonds. The number of hydrogen-bond acceptors (Lipinski definition) is 3. The van der Waals surface area contributed by atoms with E-state index in [2.05, 4.69) is 28.5 Å². The van der Waals surface area contributed by atoms with Gasteiger partial charge in [-0.25, -0.2) is 0 Å². The number of nitrogens with one attached hydrogen (secondary N) is 1. The smallest absolute Gasteiger partial charge is 0.125 e. The van der Waals surface area contributed by atoms with Crippen LogP contribution in [0, 0.1) is 0 Å². The van der Waals surface area contributed by atoms with Gasteiger partial charge in [0.1, 0.15) is 11.4 Å². The normalized spacial score (nSPS) is 20.7. The minimum atomic E-state index is 0.0845. The summed E-state index contributed by atoms with van der Waals surface area (Å²) in [6.07, 6.45) is 4.18. The van der Waals surface area contributed by atoms with Crippen LogP contribution in [0.25, 0.3) is 10.9 Å². The molecule has 0 atom stereocenters. The second-order valence-electron chi connectivity index (χ2n) is 5.04. The van der Waals surface area contributed by atoms with Gasteiger partial charge in [0.25, 0.3) is 0 Å². The maximum absolute atomic E-state index is 6.17. The summed E-state index contributed by atoms with van der Waals surface area (Å²) in [7, 11) is 0. The lowest BCUT2D eigenvalue weighted by Gasteiger charge is -2.15. The Morgan fingerprint density at radius 2 is 2.24 bits per heavy atom. The highest BCUT2D eigenvalue weighted by molar-refractivity contribution is 5.81. The van der Waals surface area contributed by atoms with Crippen molar-refractivity contribution in [3.8, 4) is 5.75 Å². The number of aromatic nitrogens is 1. The quantitative estimate of drug-likeness (QED) is 0.748. The standard InChI is InChI=1S/C14H14N2O/c1-2-10-7-13-11(6-12(10)16-5-1)8-15-9-14(17-13)3-4-14/h1-2,5-7,15H,3-4,8-9H2. The summed E-state index contributed by atoms with van der Waals surface area (Å²) < 4.78 is 6.17. The summed E-state index contributed by atoms with van der Waals surface area (Å²) in [5, 5.41) is 4.62. The Hall–Kier alpha value is -1.61. The first-order valence-electron chi connectivity index (χ1n) is 6.12. The van der Waals surface area contributed by atoms with Gasteiger partial charge in [0.2, 0.25) is 0 Å². The van der Waals surface area contributed by atoms with E-state index in [0.29, 0.717) is 0 Å². The molecule has 2 heterocycles. The number of hydrogen-bond donors (Lipinski definition) is 1. The van der Waals surface area contributed by atoms with Gasteiger partial charge < -0.3 is 10.1 Å². The number of rotatable bonds is 0. The van der Waals surface area contributed by atoms with Crippen molar-refractivity contribution in [2.45, 2.75) is 25.0 Å². The molecular weight excluding hydrogens is 212 g/mol. The van der Waals surface area contributed by atoms with Crippen molar-refractivity contribution in [2.24, 2.45) is 0 Å². The Morgan fingerprint density at radius 3 is 3.12 bits per heavy atom. The molecule has 0 unspecified atom stereocenters. The van der Waals surface area contributed by atoms with Crippen LogP contribution in [0.5, 0.6) is 5.75 Å². The topological polar surface area (TPSA) is 34.1 Å². The minimum Gasteiger partial charge on any atom is -0.486 e. The van der Waals surface area contributed by atoms with Gasteiger partial charge in [0.15, 0.2) is 0 Å². The number of benzene rings is 1. The molecule has 3 nitrogen and oxygen atoms in total.